The van der Waals surface area contributed by atoms with Crippen molar-refractivity contribution >= 4 is 17.5 Å². The van der Waals surface area contributed by atoms with Gasteiger partial charge in [-0.2, -0.15) is 0 Å². The van der Waals surface area contributed by atoms with Gasteiger partial charge in [0.25, 0.3) is 0 Å². The molecule has 0 aromatic heterocycles. The Morgan fingerprint density at radius 1 is 1.14 bits per heavy atom. The van der Waals surface area contributed by atoms with E-state index in [0.717, 1.165) is 4.90 Å². The number of hydrogen-bond acceptors (Lipinski definition) is 2. The van der Waals surface area contributed by atoms with E-state index in [1.807, 2.05) is 0 Å². The molecule has 0 aliphatic carbocycles. The summed E-state index contributed by atoms with van der Waals surface area (Å²) in [6.45, 7) is 4.73. The van der Waals surface area contributed by atoms with Gasteiger partial charge in [-0.05, 0) is 12.8 Å². The van der Waals surface area contributed by atoms with Crippen molar-refractivity contribution in [3.63, 3.8) is 0 Å². The quantitative estimate of drug-likeness (QED) is 0.908. The van der Waals surface area contributed by atoms with E-state index in [0.29, 0.717) is 12.1 Å². The topological polar surface area (TPSA) is 49.4 Å². The highest BCUT2D eigenvalue weighted by Gasteiger charge is 2.43. The van der Waals surface area contributed by atoms with E-state index in [4.69, 9.17) is 0 Å². The van der Waals surface area contributed by atoms with Gasteiger partial charge in [-0.3, -0.25) is 14.5 Å². The van der Waals surface area contributed by atoms with E-state index in [2.05, 4.69) is 5.32 Å². The molecule has 0 bridgehead atoms. The third-order valence-electron chi connectivity index (χ3n) is 3.37. The van der Waals surface area contributed by atoms with Gasteiger partial charge in [-0.1, -0.05) is 13.8 Å². The van der Waals surface area contributed by atoms with Crippen molar-refractivity contribution in [2.24, 2.45) is 5.92 Å². The molecule has 1 aromatic rings. The molecule has 2 amide bonds. The third kappa shape index (κ3) is 2.59. The second-order valence-corrected chi connectivity index (χ2v) is 5.35. The van der Waals surface area contributed by atoms with Crippen LogP contribution in [0.15, 0.2) is 12.1 Å². The molecular formula is C14H15F3N2O2. The fourth-order valence-corrected chi connectivity index (χ4v) is 2.44. The Kier molecular flexibility index (Phi) is 3.93. The van der Waals surface area contributed by atoms with Crippen molar-refractivity contribution in [3.8, 4) is 0 Å². The van der Waals surface area contributed by atoms with E-state index >= 15 is 0 Å². The summed E-state index contributed by atoms with van der Waals surface area (Å²) in [5.74, 6) is -5.03. The van der Waals surface area contributed by atoms with E-state index in [1.165, 1.54) is 6.92 Å². The predicted octanol–water partition coefficient (Wildman–Crippen LogP) is 1.98. The smallest absolute Gasteiger partial charge is 0.250 e. The number of carbonyl (C=O) groups is 2. The summed E-state index contributed by atoms with van der Waals surface area (Å²) >= 11 is 0. The summed E-state index contributed by atoms with van der Waals surface area (Å²) in [4.78, 5) is 25.1. The molecule has 7 heteroatoms. The number of nitrogens with one attached hydrogen (secondary N) is 1. The standard InChI is InChI=1S/C14H15F3N2O2/c1-6(2)11-13(20)18-7(3)14(21)19(11)12-9(16)4-8(15)5-10(12)17/h4-7,11H,1-3H3,(H,18,20). The molecule has 4 nitrogen and oxygen atoms in total. The molecule has 114 valence electrons. The van der Waals surface area contributed by atoms with Gasteiger partial charge in [0.15, 0.2) is 11.6 Å². The van der Waals surface area contributed by atoms with Crippen LogP contribution in [0.1, 0.15) is 20.8 Å². The normalized spacial score (nSPS) is 22.7. The van der Waals surface area contributed by atoms with Crippen LogP contribution in [0.3, 0.4) is 0 Å². The molecule has 1 heterocycles. The van der Waals surface area contributed by atoms with Gasteiger partial charge in [-0.15, -0.1) is 0 Å². The summed E-state index contributed by atoms with van der Waals surface area (Å²) < 4.78 is 40.9. The zero-order valence-corrected chi connectivity index (χ0v) is 11.8. The molecule has 2 rings (SSSR count). The molecule has 0 radical (unpaired) electrons. The van der Waals surface area contributed by atoms with Crippen LogP contribution < -0.4 is 10.2 Å². The lowest BCUT2D eigenvalue weighted by atomic mass is 9.96. The van der Waals surface area contributed by atoms with Crippen LogP contribution in [0, 0.1) is 23.4 Å². The molecule has 2 unspecified atom stereocenters. The fourth-order valence-electron chi connectivity index (χ4n) is 2.44. The number of rotatable bonds is 2. The minimum absolute atomic E-state index is 0.370. The second-order valence-electron chi connectivity index (χ2n) is 5.35. The Balaban J connectivity index is 2.61. The highest BCUT2D eigenvalue weighted by molar-refractivity contribution is 6.08. The first-order valence-electron chi connectivity index (χ1n) is 6.52. The molecule has 1 fully saturated rings. The van der Waals surface area contributed by atoms with Gasteiger partial charge in [0.05, 0.1) is 0 Å². The molecule has 1 N–H and O–H groups in total. The summed E-state index contributed by atoms with van der Waals surface area (Å²) in [6, 6.07) is -0.986. The van der Waals surface area contributed by atoms with Crippen LogP contribution in [0.25, 0.3) is 0 Å². The lowest BCUT2D eigenvalue weighted by Gasteiger charge is -2.39. The van der Waals surface area contributed by atoms with Crippen LogP contribution in [-0.2, 0) is 9.59 Å². The summed E-state index contributed by atoms with van der Waals surface area (Å²) in [5.41, 5.74) is -0.693. The molecule has 1 aromatic carbocycles. The van der Waals surface area contributed by atoms with Crippen LogP contribution in [0.4, 0.5) is 18.9 Å². The zero-order chi connectivity index (χ0) is 15.9. The van der Waals surface area contributed by atoms with Gasteiger partial charge in [0.1, 0.15) is 23.6 Å². The first-order chi connectivity index (χ1) is 9.73. The second kappa shape index (κ2) is 5.38. The van der Waals surface area contributed by atoms with Crippen molar-refractivity contribution in [1.29, 1.82) is 0 Å². The first kappa shape index (κ1) is 15.3. The third-order valence-corrected chi connectivity index (χ3v) is 3.37. The maximum absolute atomic E-state index is 14.0. The Hall–Kier alpha value is -2.05. The van der Waals surface area contributed by atoms with Crippen LogP contribution in [0.5, 0.6) is 0 Å². The predicted molar refractivity (Wildman–Crippen MR) is 70.0 cm³/mol. The molecule has 1 saturated heterocycles. The minimum Gasteiger partial charge on any atom is -0.343 e. The van der Waals surface area contributed by atoms with Gasteiger partial charge in [-0.25, -0.2) is 13.2 Å². The van der Waals surface area contributed by atoms with E-state index in [1.54, 1.807) is 13.8 Å². The van der Waals surface area contributed by atoms with E-state index in [-0.39, 0.29) is 5.92 Å². The monoisotopic (exact) mass is 300 g/mol. The van der Waals surface area contributed by atoms with Crippen molar-refractivity contribution in [3.05, 3.63) is 29.6 Å². The first-order valence-corrected chi connectivity index (χ1v) is 6.52. The van der Waals surface area contributed by atoms with Gasteiger partial charge < -0.3 is 5.32 Å². The number of benzene rings is 1. The average molecular weight is 300 g/mol. The fraction of sp³-hybridized carbons (Fsp3) is 0.429. The minimum atomic E-state index is -1.21. The van der Waals surface area contributed by atoms with Crippen molar-refractivity contribution < 1.29 is 22.8 Å². The number of amides is 2. The van der Waals surface area contributed by atoms with Crippen molar-refractivity contribution in [2.45, 2.75) is 32.9 Å². The lowest BCUT2D eigenvalue weighted by molar-refractivity contribution is -0.134. The van der Waals surface area contributed by atoms with Crippen LogP contribution in [-0.4, -0.2) is 23.9 Å². The number of nitrogens with zero attached hydrogens (tertiary/aromatic N) is 1. The number of piperazine rings is 1. The van der Waals surface area contributed by atoms with Crippen LogP contribution >= 0.6 is 0 Å². The molecule has 21 heavy (non-hydrogen) atoms. The summed E-state index contributed by atoms with van der Waals surface area (Å²) in [6.07, 6.45) is 0. The van der Waals surface area contributed by atoms with Gasteiger partial charge in [0.2, 0.25) is 11.8 Å². The summed E-state index contributed by atoms with van der Waals surface area (Å²) in [7, 11) is 0. The van der Waals surface area contributed by atoms with Crippen molar-refractivity contribution in [1.82, 2.24) is 5.32 Å². The molecule has 1 aliphatic heterocycles. The Bertz CT molecular complexity index is 581. The van der Waals surface area contributed by atoms with E-state index in [9.17, 15) is 22.8 Å². The lowest BCUT2D eigenvalue weighted by Crippen LogP contribution is -2.64. The van der Waals surface area contributed by atoms with Gasteiger partial charge in [0, 0.05) is 12.1 Å². The number of halogens is 3. The molecule has 2 atom stereocenters. The molecule has 0 spiro atoms. The Morgan fingerprint density at radius 3 is 2.14 bits per heavy atom. The highest BCUT2D eigenvalue weighted by atomic mass is 19.1. The SMILES string of the molecule is CC1NC(=O)C(C(C)C)N(c2c(F)cc(F)cc2F)C1=O. The Labute approximate surface area is 119 Å². The Morgan fingerprint density at radius 2 is 1.67 bits per heavy atom. The molecular weight excluding hydrogens is 285 g/mol. The number of carbonyl (C=O) groups excluding carboxylic acids is 2. The average Bonchev–Trinajstić information content (AvgIpc) is 2.33. The zero-order valence-electron chi connectivity index (χ0n) is 11.8. The molecule has 0 saturated carbocycles. The maximum Gasteiger partial charge on any atom is 0.250 e. The van der Waals surface area contributed by atoms with Crippen molar-refractivity contribution in [2.75, 3.05) is 4.90 Å². The summed E-state index contributed by atoms with van der Waals surface area (Å²) in [5, 5.41) is 2.46. The maximum atomic E-state index is 14.0. The molecule has 1 aliphatic rings. The largest absolute Gasteiger partial charge is 0.343 e. The number of anilines is 1. The van der Waals surface area contributed by atoms with Crippen LogP contribution in [0.2, 0.25) is 0 Å². The van der Waals surface area contributed by atoms with E-state index < -0.39 is 47.0 Å². The van der Waals surface area contributed by atoms with Gasteiger partial charge >= 0.3 is 0 Å². The highest BCUT2D eigenvalue weighted by Crippen LogP contribution is 2.31. The number of hydrogen-bond donors (Lipinski definition) is 1.